The molecule has 0 aromatic heterocycles. The molecule has 0 saturated heterocycles. The number of carbonyl (C=O) groups is 2. The normalized spacial score (nSPS) is 12.2. The Morgan fingerprint density at radius 1 is 1.09 bits per heavy atom. The summed E-state index contributed by atoms with van der Waals surface area (Å²) in [6.07, 6.45) is 1.46. The zero-order chi connectivity index (χ0) is 25.5. The van der Waals surface area contributed by atoms with Crippen molar-refractivity contribution in [3.8, 4) is 5.75 Å². The fraction of sp³-hybridized carbons (Fsp3) is 0.440. The molecule has 8 nitrogen and oxygen atoms in total. The smallest absolute Gasteiger partial charge is 0.244 e. The number of rotatable bonds is 11. The largest absolute Gasteiger partial charge is 0.497 e. The van der Waals surface area contributed by atoms with Crippen molar-refractivity contribution in [2.24, 2.45) is 0 Å². The lowest BCUT2D eigenvalue weighted by Crippen LogP contribution is -2.51. The fourth-order valence-electron chi connectivity index (χ4n) is 3.85. The molecule has 0 spiro atoms. The number of ether oxygens (including phenoxy) is 1. The summed E-state index contributed by atoms with van der Waals surface area (Å²) in [4.78, 5) is 27.7. The van der Waals surface area contributed by atoms with Crippen LogP contribution in [-0.2, 0) is 26.2 Å². The van der Waals surface area contributed by atoms with Gasteiger partial charge < -0.3 is 15.0 Å². The molecule has 0 unspecified atom stereocenters. The van der Waals surface area contributed by atoms with E-state index in [9.17, 15) is 18.0 Å². The molecule has 2 rings (SSSR count). The zero-order valence-corrected chi connectivity index (χ0v) is 21.6. The van der Waals surface area contributed by atoms with Crippen LogP contribution < -0.4 is 14.4 Å². The van der Waals surface area contributed by atoms with Gasteiger partial charge in [0.05, 0.1) is 19.1 Å². The standard InChI is InChI=1S/C25H35N3O5S/c1-7-22(25(30)26-4)27(16-19-11-10-12-20(15-19)33-5)24(29)17-28(34(6,31)32)23-14-9-8-13-21(23)18(2)3/h8-15,18,22H,7,16-17H2,1-6H3,(H,26,30)/t22-/m1/s1. The summed E-state index contributed by atoms with van der Waals surface area (Å²) < 4.78 is 32.0. The molecule has 0 heterocycles. The first kappa shape index (κ1) is 27.2. The van der Waals surface area contributed by atoms with E-state index in [1.807, 2.05) is 39.0 Å². The molecule has 1 atom stereocenters. The lowest BCUT2D eigenvalue weighted by Gasteiger charge is -2.33. The zero-order valence-electron chi connectivity index (χ0n) is 20.7. The highest BCUT2D eigenvalue weighted by atomic mass is 32.2. The highest BCUT2D eigenvalue weighted by molar-refractivity contribution is 7.92. The van der Waals surface area contributed by atoms with Crippen LogP contribution in [0.3, 0.4) is 0 Å². The summed E-state index contributed by atoms with van der Waals surface area (Å²) in [6.45, 7) is 5.46. The average Bonchev–Trinajstić information content (AvgIpc) is 2.81. The summed E-state index contributed by atoms with van der Waals surface area (Å²) in [5, 5.41) is 2.61. The first-order chi connectivity index (χ1) is 16.0. The maximum Gasteiger partial charge on any atom is 0.244 e. The van der Waals surface area contributed by atoms with Crippen molar-refractivity contribution < 1.29 is 22.7 Å². The van der Waals surface area contributed by atoms with Crippen molar-refractivity contribution in [1.29, 1.82) is 0 Å². The minimum Gasteiger partial charge on any atom is -0.497 e. The minimum atomic E-state index is -3.78. The molecular weight excluding hydrogens is 454 g/mol. The molecule has 0 bridgehead atoms. The Morgan fingerprint density at radius 2 is 1.76 bits per heavy atom. The Bertz CT molecular complexity index is 1100. The summed E-state index contributed by atoms with van der Waals surface area (Å²) in [6, 6.07) is 13.6. The molecule has 0 fully saturated rings. The van der Waals surface area contributed by atoms with Gasteiger partial charge >= 0.3 is 0 Å². The third kappa shape index (κ3) is 6.72. The van der Waals surface area contributed by atoms with Crippen LogP contribution in [0.2, 0.25) is 0 Å². The van der Waals surface area contributed by atoms with E-state index in [0.717, 1.165) is 21.7 Å². The molecular formula is C25H35N3O5S. The van der Waals surface area contributed by atoms with Gasteiger partial charge in [-0.1, -0.05) is 51.1 Å². The third-order valence-corrected chi connectivity index (χ3v) is 6.75. The quantitative estimate of drug-likeness (QED) is 0.523. The molecule has 2 aromatic rings. The average molecular weight is 490 g/mol. The number of nitrogens with one attached hydrogen (secondary N) is 1. The van der Waals surface area contributed by atoms with Gasteiger partial charge in [-0.25, -0.2) is 8.42 Å². The highest BCUT2D eigenvalue weighted by Gasteiger charge is 2.32. The molecule has 34 heavy (non-hydrogen) atoms. The minimum absolute atomic E-state index is 0.0534. The van der Waals surface area contributed by atoms with Gasteiger partial charge in [-0.3, -0.25) is 13.9 Å². The van der Waals surface area contributed by atoms with E-state index >= 15 is 0 Å². The van der Waals surface area contributed by atoms with Gasteiger partial charge in [0.2, 0.25) is 21.8 Å². The molecule has 0 saturated carbocycles. The van der Waals surface area contributed by atoms with Crippen molar-refractivity contribution in [1.82, 2.24) is 10.2 Å². The Labute approximate surface area is 202 Å². The molecule has 0 aliphatic carbocycles. The molecule has 186 valence electrons. The molecule has 2 amide bonds. The molecule has 2 aromatic carbocycles. The van der Waals surface area contributed by atoms with Crippen molar-refractivity contribution in [2.45, 2.75) is 45.7 Å². The number of sulfonamides is 1. The monoisotopic (exact) mass is 489 g/mol. The Hall–Kier alpha value is -3.07. The van der Waals surface area contributed by atoms with Crippen LogP contribution in [0.15, 0.2) is 48.5 Å². The number of nitrogens with zero attached hydrogens (tertiary/aromatic N) is 2. The number of para-hydroxylation sites is 1. The molecule has 0 radical (unpaired) electrons. The van der Waals surface area contributed by atoms with Gasteiger partial charge in [0, 0.05) is 13.6 Å². The predicted octanol–water partition coefficient (Wildman–Crippen LogP) is 3.14. The van der Waals surface area contributed by atoms with Gasteiger partial charge in [0.25, 0.3) is 0 Å². The second-order valence-corrected chi connectivity index (χ2v) is 10.3. The third-order valence-electron chi connectivity index (χ3n) is 5.63. The second kappa shape index (κ2) is 11.9. The number of benzene rings is 2. The number of amides is 2. The number of hydrogen-bond acceptors (Lipinski definition) is 5. The van der Waals surface area contributed by atoms with E-state index in [-0.39, 0.29) is 18.4 Å². The molecule has 9 heteroatoms. The van der Waals surface area contributed by atoms with Gasteiger partial charge in [-0.2, -0.15) is 0 Å². The van der Waals surface area contributed by atoms with Crippen LogP contribution >= 0.6 is 0 Å². The Morgan fingerprint density at radius 3 is 2.32 bits per heavy atom. The van der Waals surface area contributed by atoms with Crippen LogP contribution in [0.4, 0.5) is 5.69 Å². The van der Waals surface area contributed by atoms with E-state index in [1.165, 1.54) is 11.9 Å². The van der Waals surface area contributed by atoms with Crippen LogP contribution in [-0.4, -0.2) is 58.1 Å². The Balaban J connectivity index is 2.50. The lowest BCUT2D eigenvalue weighted by atomic mass is 10.0. The Kier molecular flexibility index (Phi) is 9.49. The summed E-state index contributed by atoms with van der Waals surface area (Å²) in [5.74, 6) is -0.103. The van der Waals surface area contributed by atoms with Crippen LogP contribution in [0.1, 0.15) is 44.2 Å². The second-order valence-electron chi connectivity index (χ2n) is 8.39. The topological polar surface area (TPSA) is 96.0 Å². The van der Waals surface area contributed by atoms with Crippen molar-refractivity contribution in [3.05, 3.63) is 59.7 Å². The van der Waals surface area contributed by atoms with E-state index < -0.39 is 28.5 Å². The van der Waals surface area contributed by atoms with Gasteiger partial charge in [0.15, 0.2) is 0 Å². The van der Waals surface area contributed by atoms with Gasteiger partial charge in [-0.15, -0.1) is 0 Å². The lowest BCUT2D eigenvalue weighted by molar-refractivity contribution is -0.140. The van der Waals surface area contributed by atoms with E-state index in [2.05, 4.69) is 5.32 Å². The molecule has 0 aliphatic heterocycles. The van der Waals surface area contributed by atoms with Crippen molar-refractivity contribution >= 4 is 27.5 Å². The van der Waals surface area contributed by atoms with Crippen molar-refractivity contribution in [3.63, 3.8) is 0 Å². The highest BCUT2D eigenvalue weighted by Crippen LogP contribution is 2.29. The van der Waals surface area contributed by atoms with E-state index in [1.54, 1.807) is 37.4 Å². The van der Waals surface area contributed by atoms with Crippen molar-refractivity contribution in [2.75, 3.05) is 31.3 Å². The number of hydrogen-bond donors (Lipinski definition) is 1. The summed E-state index contributed by atoms with van der Waals surface area (Å²) in [5.41, 5.74) is 2.05. The summed E-state index contributed by atoms with van der Waals surface area (Å²) in [7, 11) is -0.711. The maximum atomic E-state index is 13.6. The van der Waals surface area contributed by atoms with Gasteiger partial charge in [-0.05, 0) is 41.7 Å². The SMILES string of the molecule is CC[C@H](C(=O)NC)N(Cc1cccc(OC)c1)C(=O)CN(c1ccccc1C(C)C)S(C)(=O)=O. The van der Waals surface area contributed by atoms with Crippen LogP contribution in [0.25, 0.3) is 0 Å². The van der Waals surface area contributed by atoms with E-state index in [0.29, 0.717) is 17.9 Å². The molecule has 1 N–H and O–H groups in total. The van der Waals surface area contributed by atoms with E-state index in [4.69, 9.17) is 4.74 Å². The number of methoxy groups -OCH3 is 1. The van der Waals surface area contributed by atoms with Gasteiger partial charge in [0.1, 0.15) is 18.3 Å². The summed E-state index contributed by atoms with van der Waals surface area (Å²) >= 11 is 0. The predicted molar refractivity (Wildman–Crippen MR) is 134 cm³/mol. The van der Waals surface area contributed by atoms with Crippen LogP contribution in [0.5, 0.6) is 5.75 Å². The first-order valence-electron chi connectivity index (χ1n) is 11.2. The molecule has 0 aliphatic rings. The first-order valence-corrected chi connectivity index (χ1v) is 13.1. The fourth-order valence-corrected chi connectivity index (χ4v) is 4.72. The van der Waals surface area contributed by atoms with Crippen LogP contribution in [0, 0.1) is 0 Å². The number of carbonyl (C=O) groups excluding carboxylic acids is 2. The maximum absolute atomic E-state index is 13.6. The number of likely N-dealkylation sites (N-methyl/N-ethyl adjacent to an activating group) is 1. The number of anilines is 1.